The van der Waals surface area contributed by atoms with E-state index in [0.717, 1.165) is 29.0 Å². The lowest BCUT2D eigenvalue weighted by molar-refractivity contribution is -0.131. The summed E-state index contributed by atoms with van der Waals surface area (Å²) in [5.41, 5.74) is 4.59. The summed E-state index contributed by atoms with van der Waals surface area (Å²) in [5, 5.41) is 0. The van der Waals surface area contributed by atoms with Crippen molar-refractivity contribution in [2.24, 2.45) is 0 Å². The van der Waals surface area contributed by atoms with Crippen LogP contribution in [0.2, 0.25) is 0 Å². The first-order valence-electron chi connectivity index (χ1n) is 8.40. The molecule has 0 aromatic heterocycles. The largest absolute Gasteiger partial charge is 0.497 e. The molecule has 0 bridgehead atoms. The molecule has 0 radical (unpaired) electrons. The van der Waals surface area contributed by atoms with Crippen LogP contribution in [0.25, 0.3) is 11.1 Å². The summed E-state index contributed by atoms with van der Waals surface area (Å²) >= 11 is 0. The average molecular weight is 338 g/mol. The molecule has 1 aliphatic heterocycles. The Morgan fingerprint density at radius 1 is 1.12 bits per heavy atom. The van der Waals surface area contributed by atoms with Crippen LogP contribution in [0.15, 0.2) is 42.5 Å². The highest BCUT2D eigenvalue weighted by molar-refractivity contribution is 5.96. The zero-order valence-electron chi connectivity index (χ0n) is 15.0. The maximum absolute atomic E-state index is 11.2. The van der Waals surface area contributed by atoms with E-state index in [1.807, 2.05) is 25.1 Å². The lowest BCUT2D eigenvalue weighted by Crippen LogP contribution is -2.20. The van der Waals surface area contributed by atoms with Crippen LogP contribution in [0.4, 0.5) is 0 Å². The molecule has 1 aliphatic rings. The van der Waals surface area contributed by atoms with Gasteiger partial charge in [-0.2, -0.15) is 0 Å². The zero-order chi connectivity index (χ0) is 18.0. The number of rotatable bonds is 4. The summed E-state index contributed by atoms with van der Waals surface area (Å²) < 4.78 is 16.6. The SMILES string of the molecule is CCC1=C(c2ccc(OC)cc2)[C@@H](C)Oc2cc(OC(C)=O)ccc21. The van der Waals surface area contributed by atoms with Gasteiger partial charge in [-0.25, -0.2) is 0 Å². The molecule has 0 aliphatic carbocycles. The lowest BCUT2D eigenvalue weighted by Gasteiger charge is -2.29. The Kier molecular flexibility index (Phi) is 4.79. The van der Waals surface area contributed by atoms with Gasteiger partial charge in [0.05, 0.1) is 7.11 Å². The molecule has 0 saturated carbocycles. The molecular weight excluding hydrogens is 316 g/mol. The molecule has 130 valence electrons. The van der Waals surface area contributed by atoms with E-state index in [0.29, 0.717) is 5.75 Å². The smallest absolute Gasteiger partial charge is 0.308 e. The number of carbonyl (C=O) groups excluding carboxylic acids is 1. The Hall–Kier alpha value is -2.75. The third kappa shape index (κ3) is 3.38. The van der Waals surface area contributed by atoms with Gasteiger partial charge in [0, 0.05) is 24.1 Å². The number of hydrogen-bond donors (Lipinski definition) is 0. The van der Waals surface area contributed by atoms with Crippen LogP contribution in [-0.2, 0) is 4.79 Å². The minimum absolute atomic E-state index is 0.0941. The molecule has 1 heterocycles. The van der Waals surface area contributed by atoms with E-state index in [1.54, 1.807) is 19.2 Å². The Balaban J connectivity index is 2.07. The molecule has 0 unspecified atom stereocenters. The van der Waals surface area contributed by atoms with Gasteiger partial charge in [0.15, 0.2) is 0 Å². The van der Waals surface area contributed by atoms with E-state index >= 15 is 0 Å². The van der Waals surface area contributed by atoms with Gasteiger partial charge in [-0.3, -0.25) is 4.79 Å². The molecule has 2 aromatic rings. The highest BCUT2D eigenvalue weighted by Gasteiger charge is 2.26. The number of esters is 1. The van der Waals surface area contributed by atoms with Crippen molar-refractivity contribution in [3.05, 3.63) is 53.6 Å². The van der Waals surface area contributed by atoms with E-state index < -0.39 is 0 Å². The number of carbonyl (C=O) groups is 1. The first kappa shape index (κ1) is 17.1. The summed E-state index contributed by atoms with van der Waals surface area (Å²) in [5.74, 6) is 1.74. The van der Waals surface area contributed by atoms with Crippen LogP contribution >= 0.6 is 0 Å². The summed E-state index contributed by atoms with van der Waals surface area (Å²) in [7, 11) is 1.66. The molecule has 0 N–H and O–H groups in total. The third-order valence-electron chi connectivity index (χ3n) is 4.33. The van der Waals surface area contributed by atoms with Crippen molar-refractivity contribution in [1.82, 2.24) is 0 Å². The van der Waals surface area contributed by atoms with E-state index in [9.17, 15) is 4.79 Å². The van der Waals surface area contributed by atoms with Crippen LogP contribution < -0.4 is 14.2 Å². The standard InChI is InChI=1S/C21H22O4/c1-5-18-19-11-10-17(25-14(3)22)12-20(19)24-13(2)21(18)15-6-8-16(23-4)9-7-15/h6-13H,5H2,1-4H3/t13-/m1/s1. The molecular formula is C21H22O4. The Morgan fingerprint density at radius 3 is 2.40 bits per heavy atom. The van der Waals surface area contributed by atoms with Crippen LogP contribution in [0, 0.1) is 0 Å². The van der Waals surface area contributed by atoms with E-state index in [1.165, 1.54) is 18.1 Å². The number of allylic oxidation sites excluding steroid dienone is 1. The van der Waals surface area contributed by atoms with Crippen molar-refractivity contribution < 1.29 is 19.0 Å². The molecule has 25 heavy (non-hydrogen) atoms. The van der Waals surface area contributed by atoms with Crippen LogP contribution in [0.1, 0.15) is 38.3 Å². The van der Waals surface area contributed by atoms with Crippen molar-refractivity contribution in [3.63, 3.8) is 0 Å². The van der Waals surface area contributed by atoms with Crippen molar-refractivity contribution in [1.29, 1.82) is 0 Å². The quantitative estimate of drug-likeness (QED) is 0.597. The molecule has 4 heteroatoms. The maximum atomic E-state index is 11.2. The van der Waals surface area contributed by atoms with Gasteiger partial charge in [-0.15, -0.1) is 0 Å². The molecule has 1 atom stereocenters. The highest BCUT2D eigenvalue weighted by Crippen LogP contribution is 2.43. The molecule has 0 spiro atoms. The van der Waals surface area contributed by atoms with Gasteiger partial charge < -0.3 is 14.2 Å². The molecule has 3 rings (SSSR count). The molecule has 0 fully saturated rings. The highest BCUT2D eigenvalue weighted by atomic mass is 16.5. The Morgan fingerprint density at radius 2 is 1.80 bits per heavy atom. The normalized spacial score (nSPS) is 16.1. The second-order valence-corrected chi connectivity index (χ2v) is 5.99. The van der Waals surface area contributed by atoms with Crippen molar-refractivity contribution in [3.8, 4) is 17.2 Å². The fraction of sp³-hybridized carbons (Fsp3) is 0.286. The Labute approximate surface area is 148 Å². The average Bonchev–Trinajstić information content (AvgIpc) is 2.60. The topological polar surface area (TPSA) is 44.8 Å². The van der Waals surface area contributed by atoms with Gasteiger partial charge in [-0.05, 0) is 48.7 Å². The van der Waals surface area contributed by atoms with Crippen LogP contribution in [0.3, 0.4) is 0 Å². The van der Waals surface area contributed by atoms with Crippen molar-refractivity contribution in [2.45, 2.75) is 33.3 Å². The van der Waals surface area contributed by atoms with Gasteiger partial charge in [-0.1, -0.05) is 19.1 Å². The zero-order valence-corrected chi connectivity index (χ0v) is 15.0. The van der Waals surface area contributed by atoms with Crippen LogP contribution in [-0.4, -0.2) is 19.2 Å². The van der Waals surface area contributed by atoms with Gasteiger partial charge in [0.2, 0.25) is 0 Å². The fourth-order valence-corrected chi connectivity index (χ4v) is 3.28. The minimum atomic E-state index is -0.339. The lowest BCUT2D eigenvalue weighted by atomic mass is 9.87. The summed E-state index contributed by atoms with van der Waals surface area (Å²) in [6.45, 7) is 5.57. The third-order valence-corrected chi connectivity index (χ3v) is 4.33. The van der Waals surface area contributed by atoms with Gasteiger partial charge in [0.1, 0.15) is 23.4 Å². The number of fused-ring (bicyclic) bond motifs is 1. The summed E-state index contributed by atoms with van der Waals surface area (Å²) in [4.78, 5) is 11.2. The summed E-state index contributed by atoms with van der Waals surface area (Å²) in [6, 6.07) is 13.6. The molecule has 0 saturated heterocycles. The van der Waals surface area contributed by atoms with Crippen molar-refractivity contribution in [2.75, 3.05) is 7.11 Å². The van der Waals surface area contributed by atoms with Crippen LogP contribution in [0.5, 0.6) is 17.2 Å². The van der Waals surface area contributed by atoms with Gasteiger partial charge in [0.25, 0.3) is 0 Å². The first-order valence-corrected chi connectivity index (χ1v) is 8.40. The molecule has 0 amide bonds. The predicted octanol–water partition coefficient (Wildman–Crippen LogP) is 4.72. The van der Waals surface area contributed by atoms with Crippen molar-refractivity contribution >= 4 is 17.1 Å². The number of hydrogen-bond acceptors (Lipinski definition) is 4. The molecule has 2 aromatic carbocycles. The molecule has 4 nitrogen and oxygen atoms in total. The maximum Gasteiger partial charge on any atom is 0.308 e. The number of benzene rings is 2. The number of methoxy groups -OCH3 is 1. The Bertz CT molecular complexity index is 818. The second kappa shape index (κ2) is 7.01. The monoisotopic (exact) mass is 338 g/mol. The van der Waals surface area contributed by atoms with E-state index in [-0.39, 0.29) is 12.1 Å². The van der Waals surface area contributed by atoms with E-state index in [4.69, 9.17) is 14.2 Å². The minimum Gasteiger partial charge on any atom is -0.497 e. The first-order chi connectivity index (χ1) is 12.0. The fourth-order valence-electron chi connectivity index (χ4n) is 3.28. The van der Waals surface area contributed by atoms with Gasteiger partial charge >= 0.3 is 5.97 Å². The summed E-state index contributed by atoms with van der Waals surface area (Å²) in [6.07, 6.45) is 0.790. The van der Waals surface area contributed by atoms with E-state index in [2.05, 4.69) is 19.1 Å². The second-order valence-electron chi connectivity index (χ2n) is 5.99. The predicted molar refractivity (Wildman–Crippen MR) is 97.9 cm³/mol. The number of ether oxygens (including phenoxy) is 3.